The Morgan fingerprint density at radius 3 is 2.65 bits per heavy atom. The van der Waals surface area contributed by atoms with E-state index < -0.39 is 0 Å². The predicted octanol–water partition coefficient (Wildman–Crippen LogP) is 4.14. The Morgan fingerprint density at radius 1 is 1.25 bits per heavy atom. The van der Waals surface area contributed by atoms with Crippen LogP contribution in [0.1, 0.15) is 55.6 Å². The maximum Gasteiger partial charge on any atom is 0.119 e. The molecule has 1 atom stereocenters. The smallest absolute Gasteiger partial charge is 0.119 e. The van der Waals surface area contributed by atoms with Gasteiger partial charge in [-0.2, -0.15) is 0 Å². The average molecular weight is 272 g/mol. The number of allylic oxidation sites excluding steroid dienone is 2. The molecule has 3 rings (SSSR count). The van der Waals surface area contributed by atoms with Gasteiger partial charge in [-0.15, -0.1) is 0 Å². The van der Waals surface area contributed by atoms with E-state index in [0.717, 1.165) is 30.9 Å². The molecule has 2 heteroatoms. The fourth-order valence-corrected chi connectivity index (χ4v) is 3.31. The summed E-state index contributed by atoms with van der Waals surface area (Å²) < 4.78 is 5.41. The summed E-state index contributed by atoms with van der Waals surface area (Å²) in [5.41, 5.74) is 4.35. The van der Waals surface area contributed by atoms with Crippen LogP contribution < -0.4 is 4.74 Å². The van der Waals surface area contributed by atoms with E-state index in [4.69, 9.17) is 4.74 Å². The summed E-state index contributed by atoms with van der Waals surface area (Å²) in [6, 6.07) is 6.56. The molecule has 0 aliphatic heterocycles. The lowest BCUT2D eigenvalue weighted by Crippen LogP contribution is -2.13. The third-order valence-electron chi connectivity index (χ3n) is 4.93. The van der Waals surface area contributed by atoms with Gasteiger partial charge in [-0.1, -0.05) is 18.6 Å². The lowest BCUT2D eigenvalue weighted by molar-refractivity contribution is 0.218. The molecule has 2 aliphatic carbocycles. The van der Waals surface area contributed by atoms with E-state index in [2.05, 4.69) is 24.3 Å². The molecule has 0 saturated heterocycles. The van der Waals surface area contributed by atoms with Crippen molar-refractivity contribution in [2.45, 2.75) is 44.4 Å². The van der Waals surface area contributed by atoms with Gasteiger partial charge in [-0.05, 0) is 72.8 Å². The van der Waals surface area contributed by atoms with Gasteiger partial charge in [0.25, 0.3) is 0 Å². The second-order valence-corrected chi connectivity index (χ2v) is 6.13. The Hall–Kier alpha value is -1.28. The molecule has 20 heavy (non-hydrogen) atoms. The number of hydrogen-bond acceptors (Lipinski definition) is 2. The molecule has 1 saturated carbocycles. The van der Waals surface area contributed by atoms with Crippen molar-refractivity contribution in [3.63, 3.8) is 0 Å². The molecule has 1 aromatic carbocycles. The highest BCUT2D eigenvalue weighted by atomic mass is 16.5. The first-order valence-corrected chi connectivity index (χ1v) is 7.80. The quantitative estimate of drug-likeness (QED) is 0.892. The van der Waals surface area contributed by atoms with Crippen LogP contribution in [-0.2, 0) is 0 Å². The molecule has 0 amide bonds. The SMILES string of the molecule is COc1ccc(C2CCC2)c(C2=CCC(CO)CC2)c1. The van der Waals surface area contributed by atoms with Crippen LogP contribution >= 0.6 is 0 Å². The van der Waals surface area contributed by atoms with Gasteiger partial charge in [0.2, 0.25) is 0 Å². The molecule has 1 aromatic rings. The largest absolute Gasteiger partial charge is 0.497 e. The Kier molecular flexibility index (Phi) is 4.11. The molecule has 0 bridgehead atoms. The number of methoxy groups -OCH3 is 1. The Balaban J connectivity index is 1.91. The van der Waals surface area contributed by atoms with Crippen LogP contribution in [0.4, 0.5) is 0 Å². The maximum atomic E-state index is 9.27. The average Bonchev–Trinajstić information content (AvgIpc) is 2.46. The van der Waals surface area contributed by atoms with Gasteiger partial charge in [0.1, 0.15) is 5.75 Å². The summed E-state index contributed by atoms with van der Waals surface area (Å²) in [6.45, 7) is 0.317. The summed E-state index contributed by atoms with van der Waals surface area (Å²) in [5, 5.41) is 9.27. The summed E-state index contributed by atoms with van der Waals surface area (Å²) in [4.78, 5) is 0. The zero-order valence-corrected chi connectivity index (χ0v) is 12.3. The summed E-state index contributed by atoms with van der Waals surface area (Å²) in [7, 11) is 1.74. The van der Waals surface area contributed by atoms with Crippen molar-refractivity contribution in [1.29, 1.82) is 0 Å². The monoisotopic (exact) mass is 272 g/mol. The highest BCUT2D eigenvalue weighted by Gasteiger charge is 2.24. The zero-order valence-electron chi connectivity index (χ0n) is 12.3. The van der Waals surface area contributed by atoms with E-state index in [1.165, 1.54) is 36.0 Å². The highest BCUT2D eigenvalue weighted by Crippen LogP contribution is 2.42. The van der Waals surface area contributed by atoms with Gasteiger partial charge in [-0.25, -0.2) is 0 Å². The molecule has 1 N–H and O–H groups in total. The maximum absolute atomic E-state index is 9.27. The minimum Gasteiger partial charge on any atom is -0.497 e. The summed E-state index contributed by atoms with van der Waals surface area (Å²) in [5.74, 6) is 2.15. The van der Waals surface area contributed by atoms with Crippen LogP contribution in [0.25, 0.3) is 5.57 Å². The number of benzene rings is 1. The molecule has 0 heterocycles. The topological polar surface area (TPSA) is 29.5 Å². The van der Waals surface area contributed by atoms with E-state index >= 15 is 0 Å². The van der Waals surface area contributed by atoms with E-state index in [-0.39, 0.29) is 0 Å². The first-order valence-electron chi connectivity index (χ1n) is 7.80. The molecule has 2 aliphatic rings. The Bertz CT molecular complexity index is 500. The van der Waals surface area contributed by atoms with Gasteiger partial charge in [0, 0.05) is 6.61 Å². The van der Waals surface area contributed by atoms with Crippen molar-refractivity contribution in [1.82, 2.24) is 0 Å². The van der Waals surface area contributed by atoms with Crippen LogP contribution in [-0.4, -0.2) is 18.8 Å². The standard InChI is InChI=1S/C18H24O2/c1-20-16-9-10-17(14-3-2-4-14)18(11-16)15-7-5-13(12-19)6-8-15/h7,9-11,13-14,19H,2-6,8,12H2,1H3. The molecular weight excluding hydrogens is 248 g/mol. The number of aliphatic hydroxyl groups is 1. The third kappa shape index (κ3) is 2.62. The number of hydrogen-bond donors (Lipinski definition) is 1. The number of aliphatic hydroxyl groups excluding tert-OH is 1. The molecular formula is C18H24O2. The summed E-state index contributed by atoms with van der Waals surface area (Å²) in [6.07, 6.45) is 9.54. The van der Waals surface area contributed by atoms with Gasteiger partial charge in [0.15, 0.2) is 0 Å². The van der Waals surface area contributed by atoms with Gasteiger partial charge >= 0.3 is 0 Å². The van der Waals surface area contributed by atoms with Gasteiger partial charge in [0.05, 0.1) is 7.11 Å². The van der Waals surface area contributed by atoms with E-state index in [1.54, 1.807) is 7.11 Å². The third-order valence-corrected chi connectivity index (χ3v) is 4.93. The zero-order chi connectivity index (χ0) is 13.9. The Morgan fingerprint density at radius 2 is 2.10 bits per heavy atom. The minimum absolute atomic E-state index is 0.317. The molecule has 108 valence electrons. The van der Waals surface area contributed by atoms with Gasteiger partial charge < -0.3 is 9.84 Å². The van der Waals surface area contributed by atoms with Crippen LogP contribution in [0.15, 0.2) is 24.3 Å². The van der Waals surface area contributed by atoms with Crippen molar-refractivity contribution in [2.75, 3.05) is 13.7 Å². The second-order valence-electron chi connectivity index (χ2n) is 6.13. The van der Waals surface area contributed by atoms with Crippen LogP contribution in [0, 0.1) is 5.92 Å². The first kappa shape index (κ1) is 13.7. The summed E-state index contributed by atoms with van der Waals surface area (Å²) >= 11 is 0. The molecule has 1 unspecified atom stereocenters. The highest BCUT2D eigenvalue weighted by molar-refractivity contribution is 5.71. The lowest BCUT2D eigenvalue weighted by Gasteiger charge is -2.30. The van der Waals surface area contributed by atoms with Crippen LogP contribution in [0.5, 0.6) is 5.75 Å². The van der Waals surface area contributed by atoms with E-state index in [0.29, 0.717) is 12.5 Å². The fraction of sp³-hybridized carbons (Fsp3) is 0.556. The minimum atomic E-state index is 0.317. The number of ether oxygens (including phenoxy) is 1. The van der Waals surface area contributed by atoms with Crippen LogP contribution in [0.2, 0.25) is 0 Å². The molecule has 0 radical (unpaired) electrons. The van der Waals surface area contributed by atoms with E-state index in [1.807, 2.05) is 0 Å². The lowest BCUT2D eigenvalue weighted by atomic mass is 9.75. The molecule has 0 spiro atoms. The number of rotatable bonds is 4. The Labute approximate surface area is 121 Å². The van der Waals surface area contributed by atoms with E-state index in [9.17, 15) is 5.11 Å². The van der Waals surface area contributed by atoms with Gasteiger partial charge in [-0.3, -0.25) is 0 Å². The van der Waals surface area contributed by atoms with Crippen molar-refractivity contribution in [3.05, 3.63) is 35.4 Å². The molecule has 2 nitrogen and oxygen atoms in total. The van der Waals surface area contributed by atoms with Crippen molar-refractivity contribution < 1.29 is 9.84 Å². The van der Waals surface area contributed by atoms with Crippen molar-refractivity contribution in [2.24, 2.45) is 5.92 Å². The fourth-order valence-electron chi connectivity index (χ4n) is 3.31. The first-order chi connectivity index (χ1) is 9.81. The molecule has 1 fully saturated rings. The predicted molar refractivity (Wildman–Crippen MR) is 82.0 cm³/mol. The molecule has 0 aromatic heterocycles. The van der Waals surface area contributed by atoms with Crippen molar-refractivity contribution in [3.8, 4) is 5.75 Å². The second kappa shape index (κ2) is 6.01. The van der Waals surface area contributed by atoms with Crippen LogP contribution in [0.3, 0.4) is 0 Å². The normalized spacial score (nSPS) is 23.1. The van der Waals surface area contributed by atoms with Crippen molar-refractivity contribution >= 4 is 5.57 Å².